The minimum atomic E-state index is -0.289. The van der Waals surface area contributed by atoms with E-state index in [0.717, 1.165) is 13.4 Å². The van der Waals surface area contributed by atoms with Gasteiger partial charge in [0, 0.05) is 18.4 Å². The summed E-state index contributed by atoms with van der Waals surface area (Å²) in [5, 5.41) is 0.697. The van der Waals surface area contributed by atoms with E-state index in [0.29, 0.717) is 17.2 Å². The maximum absolute atomic E-state index is 12.0. The van der Waals surface area contributed by atoms with Crippen molar-refractivity contribution in [1.82, 2.24) is 0 Å². The van der Waals surface area contributed by atoms with E-state index >= 15 is 0 Å². The third-order valence-corrected chi connectivity index (χ3v) is 4.49. The van der Waals surface area contributed by atoms with Crippen LogP contribution in [0.1, 0.15) is 17.3 Å². The molecule has 0 fully saturated rings. The van der Waals surface area contributed by atoms with Gasteiger partial charge in [-0.2, -0.15) is 0 Å². The van der Waals surface area contributed by atoms with Gasteiger partial charge >= 0.3 is 5.97 Å². The van der Waals surface area contributed by atoms with Gasteiger partial charge in [-0.3, -0.25) is 0 Å². The molecular weight excluding hydrogens is 407 g/mol. The van der Waals surface area contributed by atoms with Crippen molar-refractivity contribution in [3.63, 3.8) is 0 Å². The number of carbonyl (C=O) groups excluding carboxylic acids is 1. The van der Waals surface area contributed by atoms with Gasteiger partial charge in [-0.1, -0.05) is 23.4 Å². The van der Waals surface area contributed by atoms with Gasteiger partial charge in [0.05, 0.1) is 12.2 Å². The highest BCUT2D eigenvalue weighted by Crippen LogP contribution is 2.32. The van der Waals surface area contributed by atoms with Crippen LogP contribution in [0, 0.1) is 3.57 Å². The predicted molar refractivity (Wildman–Crippen MR) is 90.7 cm³/mol. The van der Waals surface area contributed by atoms with Gasteiger partial charge in [-0.05, 0) is 72.0 Å². The summed E-state index contributed by atoms with van der Waals surface area (Å²) in [6, 6.07) is 13.3. The van der Waals surface area contributed by atoms with Crippen molar-refractivity contribution in [2.75, 3.05) is 6.61 Å². The first-order chi connectivity index (χ1) is 9.60. The lowest BCUT2D eigenvalue weighted by Crippen LogP contribution is -2.06. The fourth-order valence-electron chi connectivity index (χ4n) is 1.59. The zero-order valence-corrected chi connectivity index (χ0v) is 14.5. The van der Waals surface area contributed by atoms with Gasteiger partial charge in [0.1, 0.15) is 0 Å². The van der Waals surface area contributed by atoms with Gasteiger partial charge < -0.3 is 4.74 Å². The lowest BCUT2D eigenvalue weighted by Gasteiger charge is -2.09. The monoisotopic (exact) mass is 418 g/mol. The molecule has 0 bridgehead atoms. The molecule has 0 heterocycles. The molecule has 0 aliphatic carbocycles. The van der Waals surface area contributed by atoms with E-state index < -0.39 is 0 Å². The number of benzene rings is 2. The Balaban J connectivity index is 2.31. The number of rotatable bonds is 4. The summed E-state index contributed by atoms with van der Waals surface area (Å²) >= 11 is 9.58. The second-order valence-corrected chi connectivity index (χ2v) is 6.71. The summed E-state index contributed by atoms with van der Waals surface area (Å²) in [7, 11) is 0. The smallest absolute Gasteiger partial charge is 0.339 e. The molecule has 104 valence electrons. The maximum atomic E-state index is 12.0. The minimum Gasteiger partial charge on any atom is -0.462 e. The van der Waals surface area contributed by atoms with Crippen LogP contribution in [0.5, 0.6) is 0 Å². The third kappa shape index (κ3) is 4.14. The molecule has 0 aliphatic rings. The van der Waals surface area contributed by atoms with Crippen molar-refractivity contribution in [2.45, 2.75) is 16.7 Å². The van der Waals surface area contributed by atoms with E-state index in [-0.39, 0.29) is 5.97 Å². The van der Waals surface area contributed by atoms with Crippen LogP contribution in [-0.2, 0) is 4.74 Å². The van der Waals surface area contributed by atoms with E-state index in [4.69, 9.17) is 16.3 Å². The molecule has 0 spiro atoms. The largest absolute Gasteiger partial charge is 0.462 e. The molecule has 0 saturated carbocycles. The Kier molecular flexibility index (Phi) is 5.74. The molecule has 0 radical (unpaired) electrons. The molecule has 2 rings (SSSR count). The van der Waals surface area contributed by atoms with Crippen LogP contribution in [0.3, 0.4) is 0 Å². The van der Waals surface area contributed by atoms with E-state index in [2.05, 4.69) is 22.6 Å². The van der Waals surface area contributed by atoms with Gasteiger partial charge in [-0.15, -0.1) is 0 Å². The molecule has 2 nitrogen and oxygen atoms in total. The SMILES string of the molecule is CCOC(=O)c1cc(I)ccc1Sc1ccc(Cl)cc1. The molecule has 0 unspecified atom stereocenters. The first-order valence-corrected chi connectivity index (χ1v) is 8.27. The number of hydrogen-bond acceptors (Lipinski definition) is 3. The Morgan fingerprint density at radius 2 is 1.95 bits per heavy atom. The van der Waals surface area contributed by atoms with Crippen LogP contribution < -0.4 is 0 Å². The van der Waals surface area contributed by atoms with Crippen molar-refractivity contribution >= 4 is 51.9 Å². The number of esters is 1. The summed E-state index contributed by atoms with van der Waals surface area (Å²) in [6.45, 7) is 2.17. The highest BCUT2D eigenvalue weighted by Gasteiger charge is 2.14. The predicted octanol–water partition coefficient (Wildman–Crippen LogP) is 5.27. The van der Waals surface area contributed by atoms with Gasteiger partial charge in [0.15, 0.2) is 0 Å². The van der Waals surface area contributed by atoms with E-state index in [1.807, 2.05) is 42.5 Å². The van der Waals surface area contributed by atoms with Crippen LogP contribution in [0.25, 0.3) is 0 Å². The quantitative estimate of drug-likeness (QED) is 0.500. The van der Waals surface area contributed by atoms with Crippen molar-refractivity contribution in [3.8, 4) is 0 Å². The highest BCUT2D eigenvalue weighted by molar-refractivity contribution is 14.1. The summed E-state index contributed by atoms with van der Waals surface area (Å²) in [5.74, 6) is -0.289. The van der Waals surface area contributed by atoms with Crippen molar-refractivity contribution < 1.29 is 9.53 Å². The number of ether oxygens (including phenoxy) is 1. The lowest BCUT2D eigenvalue weighted by molar-refractivity contribution is 0.0522. The molecule has 0 saturated heterocycles. The van der Waals surface area contributed by atoms with Crippen LogP contribution in [0.2, 0.25) is 5.02 Å². The van der Waals surface area contributed by atoms with Crippen molar-refractivity contribution in [3.05, 3.63) is 56.6 Å². The molecule has 2 aromatic rings. The summed E-state index contributed by atoms with van der Waals surface area (Å²) < 4.78 is 6.11. The molecular formula is C15H12ClIO2S. The summed E-state index contributed by atoms with van der Waals surface area (Å²) in [6.07, 6.45) is 0. The lowest BCUT2D eigenvalue weighted by atomic mass is 10.2. The normalized spacial score (nSPS) is 10.3. The zero-order valence-electron chi connectivity index (χ0n) is 10.7. The van der Waals surface area contributed by atoms with Gasteiger partial charge in [-0.25, -0.2) is 4.79 Å². The van der Waals surface area contributed by atoms with Crippen molar-refractivity contribution in [2.24, 2.45) is 0 Å². The summed E-state index contributed by atoms with van der Waals surface area (Å²) in [4.78, 5) is 13.9. The first kappa shape index (κ1) is 15.7. The van der Waals surface area contributed by atoms with Crippen LogP contribution in [0.15, 0.2) is 52.3 Å². The molecule has 0 amide bonds. The van der Waals surface area contributed by atoms with Crippen LogP contribution >= 0.6 is 46.0 Å². The maximum Gasteiger partial charge on any atom is 0.339 e. The van der Waals surface area contributed by atoms with Gasteiger partial charge in [0.25, 0.3) is 0 Å². The topological polar surface area (TPSA) is 26.3 Å². The number of hydrogen-bond donors (Lipinski definition) is 0. The Morgan fingerprint density at radius 1 is 1.25 bits per heavy atom. The number of halogens is 2. The van der Waals surface area contributed by atoms with Crippen LogP contribution in [-0.4, -0.2) is 12.6 Å². The fraction of sp³-hybridized carbons (Fsp3) is 0.133. The average Bonchev–Trinajstić information content (AvgIpc) is 2.43. The molecule has 0 aliphatic heterocycles. The zero-order chi connectivity index (χ0) is 14.5. The van der Waals surface area contributed by atoms with E-state index in [1.54, 1.807) is 6.92 Å². The molecule has 0 atom stereocenters. The Hall–Kier alpha value is -0.720. The van der Waals surface area contributed by atoms with E-state index in [9.17, 15) is 4.79 Å². The molecule has 0 aromatic heterocycles. The van der Waals surface area contributed by atoms with Crippen molar-refractivity contribution in [1.29, 1.82) is 0 Å². The fourth-order valence-corrected chi connectivity index (χ4v) is 3.12. The second kappa shape index (κ2) is 7.33. The Labute approximate surface area is 141 Å². The number of carbonyl (C=O) groups is 1. The van der Waals surface area contributed by atoms with Crippen LogP contribution in [0.4, 0.5) is 0 Å². The average molecular weight is 419 g/mol. The van der Waals surface area contributed by atoms with Gasteiger partial charge in [0.2, 0.25) is 0 Å². The highest BCUT2D eigenvalue weighted by atomic mass is 127. The third-order valence-electron chi connectivity index (χ3n) is 2.48. The molecule has 2 aromatic carbocycles. The standard InChI is InChI=1S/C15H12ClIO2S/c1-2-19-15(18)13-9-11(17)5-8-14(13)20-12-6-3-10(16)4-7-12/h3-9H,2H2,1H3. The molecule has 20 heavy (non-hydrogen) atoms. The molecule has 5 heteroatoms. The second-order valence-electron chi connectivity index (χ2n) is 3.92. The first-order valence-electron chi connectivity index (χ1n) is 6.00. The van der Waals surface area contributed by atoms with E-state index in [1.165, 1.54) is 11.8 Å². The Morgan fingerprint density at radius 3 is 2.60 bits per heavy atom. The Bertz CT molecular complexity index is 614. The summed E-state index contributed by atoms with van der Waals surface area (Å²) in [5.41, 5.74) is 0.596. The minimum absolute atomic E-state index is 0.289. The molecule has 0 N–H and O–H groups in total.